The number of carbonyl (C=O) groups is 1. The van der Waals surface area contributed by atoms with Crippen molar-refractivity contribution in [1.29, 1.82) is 0 Å². The molecule has 0 aromatic heterocycles. The van der Waals surface area contributed by atoms with Crippen LogP contribution in [0.2, 0.25) is 5.02 Å². The number of nitrogens with zero attached hydrogens (tertiary/aromatic N) is 1. The fraction of sp³-hybridized carbons (Fsp3) is 0.667. The van der Waals surface area contributed by atoms with E-state index in [4.69, 9.17) is 31.5 Å². The van der Waals surface area contributed by atoms with Gasteiger partial charge in [-0.2, -0.15) is 0 Å². The van der Waals surface area contributed by atoms with E-state index >= 15 is 0 Å². The van der Waals surface area contributed by atoms with E-state index in [0.717, 1.165) is 25.2 Å². The van der Waals surface area contributed by atoms with E-state index < -0.39 is 17.8 Å². The third-order valence-corrected chi connectivity index (χ3v) is 5.26. The van der Waals surface area contributed by atoms with Crippen molar-refractivity contribution in [2.45, 2.75) is 51.4 Å². The molecule has 28 heavy (non-hydrogen) atoms. The van der Waals surface area contributed by atoms with Crippen LogP contribution < -0.4 is 5.73 Å². The summed E-state index contributed by atoms with van der Waals surface area (Å²) in [6.45, 7) is 7.36. The lowest BCUT2D eigenvalue weighted by atomic mass is 9.90. The first-order valence-corrected chi connectivity index (χ1v) is 10.2. The number of primary amides is 1. The second kappa shape index (κ2) is 13.1. The van der Waals surface area contributed by atoms with E-state index in [9.17, 15) is 4.79 Å². The molecule has 0 heterocycles. The average Bonchev–Trinajstić information content (AvgIpc) is 2.66. The van der Waals surface area contributed by atoms with Crippen LogP contribution in [0.25, 0.3) is 0 Å². The molecule has 1 rings (SSSR count). The summed E-state index contributed by atoms with van der Waals surface area (Å²) in [4.78, 5) is 14.2. The van der Waals surface area contributed by atoms with Crippen molar-refractivity contribution in [1.82, 2.24) is 4.90 Å². The molecule has 0 fully saturated rings. The Morgan fingerprint density at radius 3 is 2.46 bits per heavy atom. The zero-order valence-corrected chi connectivity index (χ0v) is 18.3. The molecule has 160 valence electrons. The molecule has 1 unspecified atom stereocenters. The highest BCUT2D eigenvalue weighted by Gasteiger charge is 2.36. The minimum Gasteiger partial charge on any atom is -0.374 e. The summed E-state index contributed by atoms with van der Waals surface area (Å²) in [6.07, 6.45) is 1.43. The van der Waals surface area contributed by atoms with Crippen molar-refractivity contribution < 1.29 is 19.0 Å². The number of halogens is 1. The Kier molecular flexibility index (Phi) is 11.6. The second-order valence-electron chi connectivity index (χ2n) is 6.94. The topological polar surface area (TPSA) is 74.0 Å². The summed E-state index contributed by atoms with van der Waals surface area (Å²) in [5, 5.41) is 0.696. The summed E-state index contributed by atoms with van der Waals surface area (Å²) in [7, 11) is 3.17. The average molecular weight is 415 g/mol. The van der Waals surface area contributed by atoms with Crippen LogP contribution in [-0.4, -0.2) is 63.2 Å². The quantitative estimate of drug-likeness (QED) is 0.446. The minimum atomic E-state index is -0.746. The SMILES string of the molecule is CCN(CC)CCC(CC(N)=O)(CC(OC)OC)OCCc1cccc(Cl)c1. The third kappa shape index (κ3) is 8.88. The van der Waals surface area contributed by atoms with E-state index in [1.807, 2.05) is 24.3 Å². The summed E-state index contributed by atoms with van der Waals surface area (Å²) < 4.78 is 17.1. The van der Waals surface area contributed by atoms with Crippen molar-refractivity contribution in [3.8, 4) is 0 Å². The number of nitrogens with two attached hydrogens (primary N) is 1. The van der Waals surface area contributed by atoms with Gasteiger partial charge in [-0.05, 0) is 43.6 Å². The molecule has 2 N–H and O–H groups in total. The molecule has 0 spiro atoms. The first-order chi connectivity index (χ1) is 13.4. The van der Waals surface area contributed by atoms with Crippen molar-refractivity contribution in [2.24, 2.45) is 5.73 Å². The largest absolute Gasteiger partial charge is 0.374 e. The highest BCUT2D eigenvalue weighted by Crippen LogP contribution is 2.29. The summed E-state index contributed by atoms with van der Waals surface area (Å²) in [5.74, 6) is -0.395. The van der Waals surface area contributed by atoms with E-state index in [1.165, 1.54) is 0 Å². The van der Waals surface area contributed by atoms with Crippen LogP contribution in [0, 0.1) is 0 Å². The van der Waals surface area contributed by atoms with Crippen LogP contribution in [0.5, 0.6) is 0 Å². The standard InChI is InChI=1S/C21H35ClN2O4/c1-5-24(6-2)12-11-21(15-19(23)25,16-20(26-3)27-4)28-13-10-17-8-7-9-18(22)14-17/h7-9,14,20H,5-6,10-13,15-16H2,1-4H3,(H2,23,25). The Labute approximate surface area is 174 Å². The van der Waals surface area contributed by atoms with Gasteiger partial charge in [-0.3, -0.25) is 4.79 Å². The van der Waals surface area contributed by atoms with Crippen molar-refractivity contribution in [3.05, 3.63) is 34.9 Å². The number of amides is 1. The molecule has 1 atom stereocenters. The molecule has 0 radical (unpaired) electrons. The maximum atomic E-state index is 11.9. The number of carbonyl (C=O) groups excluding carboxylic acids is 1. The molecule has 1 aromatic rings. The first kappa shape index (κ1) is 24.9. The van der Waals surface area contributed by atoms with E-state index in [0.29, 0.717) is 30.9 Å². The molecule has 0 aliphatic rings. The smallest absolute Gasteiger partial charge is 0.220 e. The van der Waals surface area contributed by atoms with Crippen LogP contribution in [0.4, 0.5) is 0 Å². The first-order valence-electron chi connectivity index (χ1n) is 9.82. The van der Waals surface area contributed by atoms with Gasteiger partial charge in [-0.25, -0.2) is 0 Å². The predicted octanol–water partition coefficient (Wildman–Crippen LogP) is 3.25. The number of benzene rings is 1. The normalized spacial score (nSPS) is 13.8. The molecule has 6 nitrogen and oxygen atoms in total. The van der Waals surface area contributed by atoms with E-state index in [2.05, 4.69) is 18.7 Å². The molecule has 7 heteroatoms. The molecule has 0 saturated carbocycles. The number of hydrogen-bond donors (Lipinski definition) is 1. The molecule has 1 aromatic carbocycles. The summed E-state index contributed by atoms with van der Waals surface area (Å²) in [6, 6.07) is 7.69. The molecular formula is C21H35ClN2O4. The molecule has 0 aliphatic carbocycles. The highest BCUT2D eigenvalue weighted by atomic mass is 35.5. The Bertz CT molecular complexity index is 579. The fourth-order valence-corrected chi connectivity index (χ4v) is 3.52. The van der Waals surface area contributed by atoms with E-state index in [1.54, 1.807) is 14.2 Å². The zero-order valence-electron chi connectivity index (χ0n) is 17.6. The number of methoxy groups -OCH3 is 2. The molecule has 1 amide bonds. The Balaban J connectivity index is 2.93. The van der Waals surface area contributed by atoms with Gasteiger partial charge < -0.3 is 24.8 Å². The van der Waals surface area contributed by atoms with Gasteiger partial charge in [-0.15, -0.1) is 0 Å². The van der Waals surface area contributed by atoms with Gasteiger partial charge in [-0.1, -0.05) is 37.6 Å². The molecule has 0 aliphatic heterocycles. The van der Waals surface area contributed by atoms with Crippen LogP contribution in [0.1, 0.15) is 38.7 Å². The Morgan fingerprint density at radius 2 is 1.93 bits per heavy atom. The highest BCUT2D eigenvalue weighted by molar-refractivity contribution is 6.30. The van der Waals surface area contributed by atoms with Crippen LogP contribution >= 0.6 is 11.6 Å². The van der Waals surface area contributed by atoms with Crippen molar-refractivity contribution in [3.63, 3.8) is 0 Å². The van der Waals surface area contributed by atoms with Crippen molar-refractivity contribution in [2.75, 3.05) is 40.5 Å². The monoisotopic (exact) mass is 414 g/mol. The van der Waals surface area contributed by atoms with Gasteiger partial charge in [0.15, 0.2) is 6.29 Å². The maximum Gasteiger partial charge on any atom is 0.220 e. The summed E-state index contributed by atoms with van der Waals surface area (Å²) in [5.41, 5.74) is 5.92. The van der Waals surface area contributed by atoms with Gasteiger partial charge >= 0.3 is 0 Å². The zero-order chi connectivity index (χ0) is 21.0. The van der Waals surface area contributed by atoms with Crippen LogP contribution in [-0.2, 0) is 25.4 Å². The van der Waals surface area contributed by atoms with Crippen LogP contribution in [0.15, 0.2) is 24.3 Å². The fourth-order valence-electron chi connectivity index (χ4n) is 3.31. The van der Waals surface area contributed by atoms with Gasteiger partial charge in [0.2, 0.25) is 5.91 Å². The van der Waals surface area contributed by atoms with Crippen LogP contribution in [0.3, 0.4) is 0 Å². The van der Waals surface area contributed by atoms with Gasteiger partial charge in [0.05, 0.1) is 18.6 Å². The molecule has 0 bridgehead atoms. The number of hydrogen-bond acceptors (Lipinski definition) is 5. The van der Waals surface area contributed by atoms with Crippen molar-refractivity contribution >= 4 is 17.5 Å². The number of ether oxygens (including phenoxy) is 3. The maximum absolute atomic E-state index is 11.9. The lowest BCUT2D eigenvalue weighted by Crippen LogP contribution is -2.44. The molecule has 0 saturated heterocycles. The predicted molar refractivity (Wildman–Crippen MR) is 112 cm³/mol. The Hall–Kier alpha value is -1.18. The Morgan fingerprint density at radius 1 is 1.25 bits per heavy atom. The lowest BCUT2D eigenvalue weighted by molar-refractivity contribution is -0.167. The second-order valence-corrected chi connectivity index (χ2v) is 7.37. The van der Waals surface area contributed by atoms with Gasteiger partial charge in [0.25, 0.3) is 0 Å². The summed E-state index contributed by atoms with van der Waals surface area (Å²) >= 11 is 6.06. The number of rotatable bonds is 15. The van der Waals surface area contributed by atoms with E-state index in [-0.39, 0.29) is 6.42 Å². The minimum absolute atomic E-state index is 0.118. The van der Waals surface area contributed by atoms with Gasteiger partial charge in [0.1, 0.15) is 0 Å². The third-order valence-electron chi connectivity index (χ3n) is 5.03. The molecular weight excluding hydrogens is 380 g/mol. The van der Waals surface area contributed by atoms with Gasteiger partial charge in [0, 0.05) is 32.2 Å². The lowest BCUT2D eigenvalue weighted by Gasteiger charge is -2.37.